The molecule has 1 rings (SSSR count). The molecule has 0 aromatic carbocycles. The van der Waals surface area contributed by atoms with Gasteiger partial charge in [0.25, 0.3) is 0 Å². The number of carboxylic acid groups (broad SMARTS) is 1. The molecule has 3 nitrogen and oxygen atoms in total. The lowest BCUT2D eigenvalue weighted by molar-refractivity contribution is -0.131. The van der Waals surface area contributed by atoms with Gasteiger partial charge in [0.15, 0.2) is 0 Å². The van der Waals surface area contributed by atoms with Gasteiger partial charge in [-0.15, -0.1) is 0 Å². The molecule has 0 aliphatic heterocycles. The maximum absolute atomic E-state index is 10.0. The Morgan fingerprint density at radius 1 is 1.75 bits per heavy atom. The predicted molar refractivity (Wildman–Crippen MR) is 47.9 cm³/mol. The van der Waals surface area contributed by atoms with Gasteiger partial charge in [0.05, 0.1) is 0 Å². The fourth-order valence-electron chi connectivity index (χ4n) is 0.700. The lowest BCUT2D eigenvalue weighted by Crippen LogP contribution is -2.04. The Labute approximate surface area is 74.3 Å². The first-order valence-corrected chi connectivity index (χ1v) is 4.37. The second-order valence-corrected chi connectivity index (χ2v) is 2.96. The molecule has 12 heavy (non-hydrogen) atoms. The van der Waals surface area contributed by atoms with Crippen molar-refractivity contribution in [2.24, 2.45) is 0 Å². The average molecular weight is 183 g/mol. The van der Waals surface area contributed by atoms with E-state index in [0.29, 0.717) is 6.54 Å². The SMILES string of the molecule is O=C(O)/C=C/NCc1ccsc1. The number of nitrogens with one attached hydrogen (secondary N) is 1. The van der Waals surface area contributed by atoms with E-state index in [1.807, 2.05) is 16.8 Å². The molecule has 0 saturated heterocycles. The minimum absolute atomic E-state index is 0.674. The maximum atomic E-state index is 10.0. The molecule has 1 heterocycles. The summed E-state index contributed by atoms with van der Waals surface area (Å²) in [6.07, 6.45) is 2.51. The molecule has 1 aromatic rings. The lowest BCUT2D eigenvalue weighted by Gasteiger charge is -1.94. The van der Waals surface area contributed by atoms with Gasteiger partial charge in [0.1, 0.15) is 0 Å². The van der Waals surface area contributed by atoms with Crippen molar-refractivity contribution in [2.75, 3.05) is 0 Å². The number of rotatable bonds is 4. The third-order valence-corrected chi connectivity index (χ3v) is 1.96. The van der Waals surface area contributed by atoms with Crippen LogP contribution in [0.3, 0.4) is 0 Å². The van der Waals surface area contributed by atoms with E-state index in [1.165, 1.54) is 6.20 Å². The minimum Gasteiger partial charge on any atom is -0.478 e. The summed E-state index contributed by atoms with van der Waals surface area (Å²) in [6.45, 7) is 0.674. The molecular weight excluding hydrogens is 174 g/mol. The normalized spacial score (nSPS) is 10.3. The molecule has 0 spiro atoms. The van der Waals surface area contributed by atoms with Crippen molar-refractivity contribution in [2.45, 2.75) is 6.54 Å². The van der Waals surface area contributed by atoms with Crippen molar-refractivity contribution in [3.8, 4) is 0 Å². The molecule has 0 amide bonds. The summed E-state index contributed by atoms with van der Waals surface area (Å²) in [5.74, 6) is -0.937. The fraction of sp³-hybridized carbons (Fsp3) is 0.125. The third-order valence-electron chi connectivity index (χ3n) is 1.23. The zero-order chi connectivity index (χ0) is 8.81. The standard InChI is InChI=1S/C8H9NO2S/c10-8(11)1-3-9-5-7-2-4-12-6-7/h1-4,6,9H,5H2,(H,10,11)/b3-1+. The van der Waals surface area contributed by atoms with Gasteiger partial charge in [-0.05, 0) is 22.4 Å². The van der Waals surface area contributed by atoms with Crippen LogP contribution in [0.15, 0.2) is 29.1 Å². The number of carbonyl (C=O) groups is 1. The molecule has 0 aliphatic rings. The number of hydrogen-bond acceptors (Lipinski definition) is 3. The van der Waals surface area contributed by atoms with Crippen molar-refractivity contribution >= 4 is 17.3 Å². The van der Waals surface area contributed by atoms with Crippen LogP contribution in [0.4, 0.5) is 0 Å². The molecule has 4 heteroatoms. The second kappa shape index (κ2) is 4.56. The molecular formula is C8H9NO2S. The highest BCUT2D eigenvalue weighted by atomic mass is 32.1. The molecule has 1 aromatic heterocycles. The summed E-state index contributed by atoms with van der Waals surface area (Å²) in [5.41, 5.74) is 1.16. The lowest BCUT2D eigenvalue weighted by atomic mass is 10.3. The van der Waals surface area contributed by atoms with E-state index in [9.17, 15) is 4.79 Å². The highest BCUT2D eigenvalue weighted by Crippen LogP contribution is 2.04. The van der Waals surface area contributed by atoms with Gasteiger partial charge in [-0.3, -0.25) is 0 Å². The average Bonchev–Trinajstić information content (AvgIpc) is 2.49. The highest BCUT2D eigenvalue weighted by Gasteiger charge is 1.89. The second-order valence-electron chi connectivity index (χ2n) is 2.18. The van der Waals surface area contributed by atoms with E-state index < -0.39 is 5.97 Å². The molecule has 0 aliphatic carbocycles. The molecule has 0 bridgehead atoms. The van der Waals surface area contributed by atoms with Crippen LogP contribution in [0.5, 0.6) is 0 Å². The fourth-order valence-corrected chi connectivity index (χ4v) is 1.37. The maximum Gasteiger partial charge on any atom is 0.329 e. The van der Waals surface area contributed by atoms with Crippen LogP contribution in [0.25, 0.3) is 0 Å². The third kappa shape index (κ3) is 3.21. The Morgan fingerprint density at radius 3 is 3.17 bits per heavy atom. The predicted octanol–water partition coefficient (Wildman–Crippen LogP) is 1.44. The van der Waals surface area contributed by atoms with Gasteiger partial charge < -0.3 is 10.4 Å². The Morgan fingerprint density at radius 2 is 2.58 bits per heavy atom. The molecule has 0 fully saturated rings. The van der Waals surface area contributed by atoms with E-state index in [4.69, 9.17) is 5.11 Å². The largest absolute Gasteiger partial charge is 0.478 e. The molecule has 64 valence electrons. The first-order valence-electron chi connectivity index (χ1n) is 3.43. The number of hydrogen-bond donors (Lipinski definition) is 2. The number of aliphatic carboxylic acids is 1. The van der Waals surface area contributed by atoms with Gasteiger partial charge in [-0.25, -0.2) is 4.79 Å². The van der Waals surface area contributed by atoms with E-state index in [2.05, 4.69) is 5.32 Å². The van der Waals surface area contributed by atoms with Gasteiger partial charge in [-0.1, -0.05) is 0 Å². The summed E-state index contributed by atoms with van der Waals surface area (Å²) >= 11 is 1.62. The quantitative estimate of drug-likeness (QED) is 0.694. The topological polar surface area (TPSA) is 49.3 Å². The molecule has 0 radical (unpaired) electrons. The zero-order valence-corrected chi connectivity index (χ0v) is 7.17. The molecule has 0 atom stereocenters. The summed E-state index contributed by atoms with van der Waals surface area (Å²) in [4.78, 5) is 10.0. The Bertz CT molecular complexity index is 267. The highest BCUT2D eigenvalue weighted by molar-refractivity contribution is 7.07. The van der Waals surface area contributed by atoms with Crippen LogP contribution in [0, 0.1) is 0 Å². The first-order chi connectivity index (χ1) is 5.79. The monoisotopic (exact) mass is 183 g/mol. The minimum atomic E-state index is -0.937. The summed E-state index contributed by atoms with van der Waals surface area (Å²) in [6, 6.07) is 1.99. The van der Waals surface area contributed by atoms with E-state index in [0.717, 1.165) is 11.6 Å². The molecule has 0 saturated carbocycles. The van der Waals surface area contributed by atoms with Gasteiger partial charge in [-0.2, -0.15) is 11.3 Å². The van der Waals surface area contributed by atoms with Gasteiger partial charge in [0.2, 0.25) is 0 Å². The van der Waals surface area contributed by atoms with Crippen molar-refractivity contribution < 1.29 is 9.90 Å². The summed E-state index contributed by atoms with van der Waals surface area (Å²) in [7, 11) is 0. The Kier molecular flexibility index (Phi) is 3.35. The van der Waals surface area contributed by atoms with Crippen molar-refractivity contribution in [3.05, 3.63) is 34.7 Å². The molecule has 0 unspecified atom stereocenters. The zero-order valence-electron chi connectivity index (χ0n) is 6.36. The number of thiophene rings is 1. The smallest absolute Gasteiger partial charge is 0.329 e. The summed E-state index contributed by atoms with van der Waals surface area (Å²) in [5, 5.41) is 15.1. The van der Waals surface area contributed by atoms with Crippen LogP contribution in [0.1, 0.15) is 5.56 Å². The van der Waals surface area contributed by atoms with Crippen LogP contribution in [0.2, 0.25) is 0 Å². The van der Waals surface area contributed by atoms with Crippen molar-refractivity contribution in [1.82, 2.24) is 5.32 Å². The first kappa shape index (κ1) is 8.80. The Balaban J connectivity index is 2.23. The van der Waals surface area contributed by atoms with Gasteiger partial charge >= 0.3 is 5.97 Å². The van der Waals surface area contributed by atoms with E-state index in [-0.39, 0.29) is 0 Å². The van der Waals surface area contributed by atoms with Crippen LogP contribution in [-0.4, -0.2) is 11.1 Å². The summed E-state index contributed by atoms with van der Waals surface area (Å²) < 4.78 is 0. The van der Waals surface area contributed by atoms with Crippen LogP contribution >= 0.6 is 11.3 Å². The molecule has 2 N–H and O–H groups in total. The van der Waals surface area contributed by atoms with Crippen LogP contribution < -0.4 is 5.32 Å². The van der Waals surface area contributed by atoms with Crippen LogP contribution in [-0.2, 0) is 11.3 Å². The van der Waals surface area contributed by atoms with Crippen molar-refractivity contribution in [3.63, 3.8) is 0 Å². The Hall–Kier alpha value is -1.29. The van der Waals surface area contributed by atoms with E-state index in [1.54, 1.807) is 11.3 Å². The van der Waals surface area contributed by atoms with E-state index >= 15 is 0 Å². The van der Waals surface area contributed by atoms with Gasteiger partial charge in [0, 0.05) is 18.8 Å². The number of carboxylic acids is 1. The van der Waals surface area contributed by atoms with Crippen molar-refractivity contribution in [1.29, 1.82) is 0 Å².